The molecular formula is C28H26ClF2N3O3S. The lowest BCUT2D eigenvalue weighted by Crippen LogP contribution is -2.21. The molecule has 38 heavy (non-hydrogen) atoms. The average Bonchev–Trinajstić information content (AvgIpc) is 3.55. The molecule has 6 nitrogen and oxygen atoms in total. The molecule has 3 unspecified atom stereocenters. The first-order chi connectivity index (χ1) is 18.1. The molecule has 4 rings (SSSR count). The molecule has 0 aliphatic heterocycles. The van der Waals surface area contributed by atoms with Gasteiger partial charge in [0.05, 0.1) is 21.9 Å². The molecular weight excluding hydrogens is 532 g/mol. The van der Waals surface area contributed by atoms with Crippen LogP contribution in [0.2, 0.25) is 5.02 Å². The largest absolute Gasteiger partial charge is 0.326 e. The van der Waals surface area contributed by atoms with Gasteiger partial charge in [-0.15, -0.1) is 0 Å². The average molecular weight is 558 g/mol. The van der Waals surface area contributed by atoms with E-state index in [0.29, 0.717) is 11.3 Å². The van der Waals surface area contributed by atoms with Gasteiger partial charge in [0.2, 0.25) is 5.56 Å². The molecule has 1 aromatic carbocycles. The van der Waals surface area contributed by atoms with Gasteiger partial charge in [0, 0.05) is 41.4 Å². The summed E-state index contributed by atoms with van der Waals surface area (Å²) >= 11 is 6.51. The number of allylic oxidation sites excluding steroid dienone is 2. The summed E-state index contributed by atoms with van der Waals surface area (Å²) in [5, 5.41) is -0.0567. The Bertz CT molecular complexity index is 1640. The molecule has 2 aromatic heterocycles. The summed E-state index contributed by atoms with van der Waals surface area (Å²) in [4.78, 5) is 31.8. The molecule has 1 aliphatic rings. The second-order valence-corrected chi connectivity index (χ2v) is 10.8. The molecule has 1 N–H and O–H groups in total. The standard InChI is InChI=1S/C28H26ClF2N3O3S/c1-5-12-32-27(17-8-6-10-21(26(17)31)38(4)37)19(30)14-34-15(2)13-18(25(29)28(34)36)23-16(3)24(23)20-9-7-11-22(35)33-20/h5-14,16,23-24H,1-4H3,(H,33,35)/b12-5+,19-14-,32-27+/t16-,23?,24?,38?/m0/s1. The third kappa shape index (κ3) is 5.26. The lowest BCUT2D eigenvalue weighted by Gasteiger charge is -2.12. The highest BCUT2D eigenvalue weighted by Crippen LogP contribution is 2.60. The maximum absolute atomic E-state index is 15.6. The first-order valence-electron chi connectivity index (χ1n) is 11.9. The fourth-order valence-corrected chi connectivity index (χ4v) is 5.63. The molecule has 1 aliphatic carbocycles. The Morgan fingerprint density at radius 1 is 1.18 bits per heavy atom. The first-order valence-corrected chi connectivity index (χ1v) is 13.8. The minimum Gasteiger partial charge on any atom is -0.326 e. The summed E-state index contributed by atoms with van der Waals surface area (Å²) in [6, 6.07) is 10.8. The zero-order chi connectivity index (χ0) is 27.7. The molecule has 0 amide bonds. The molecule has 198 valence electrons. The molecule has 2 heterocycles. The van der Waals surface area contributed by atoms with Crippen LogP contribution in [-0.4, -0.2) is 25.7 Å². The van der Waals surface area contributed by atoms with Crippen LogP contribution in [0.4, 0.5) is 8.78 Å². The van der Waals surface area contributed by atoms with Crippen LogP contribution in [0.15, 0.2) is 80.0 Å². The quantitative estimate of drug-likeness (QED) is 0.379. The Labute approximate surface area is 225 Å². The van der Waals surface area contributed by atoms with Gasteiger partial charge in [-0.3, -0.25) is 23.4 Å². The summed E-state index contributed by atoms with van der Waals surface area (Å²) in [6.45, 7) is 5.32. The van der Waals surface area contributed by atoms with Crippen LogP contribution in [0.3, 0.4) is 0 Å². The Morgan fingerprint density at radius 3 is 2.55 bits per heavy atom. The number of aryl methyl sites for hydroxylation is 1. The van der Waals surface area contributed by atoms with Crippen molar-refractivity contribution in [1.82, 2.24) is 9.55 Å². The SMILES string of the molecule is C/C=C/N=C(/C(F)=C/n1c(C)cc(C2C(c3cccc(=O)[nH]3)[C@H]2C)c(Cl)c1=O)c1cccc(S(C)=O)c1F. The summed E-state index contributed by atoms with van der Waals surface area (Å²) < 4.78 is 43.7. The number of aromatic amines is 1. The zero-order valence-electron chi connectivity index (χ0n) is 21.2. The Balaban J connectivity index is 1.77. The normalized spacial score (nSPS) is 20.7. The van der Waals surface area contributed by atoms with Gasteiger partial charge in [0.1, 0.15) is 16.6 Å². The van der Waals surface area contributed by atoms with E-state index in [4.69, 9.17) is 11.6 Å². The minimum atomic E-state index is -1.64. The predicted molar refractivity (Wildman–Crippen MR) is 148 cm³/mol. The van der Waals surface area contributed by atoms with Crippen molar-refractivity contribution in [1.29, 1.82) is 0 Å². The molecule has 0 spiro atoms. The third-order valence-corrected chi connectivity index (χ3v) is 7.96. The summed E-state index contributed by atoms with van der Waals surface area (Å²) in [6.07, 6.45) is 5.09. The fraction of sp³-hybridized carbons (Fsp3) is 0.250. The van der Waals surface area contributed by atoms with Crippen LogP contribution < -0.4 is 11.1 Å². The van der Waals surface area contributed by atoms with Gasteiger partial charge >= 0.3 is 0 Å². The van der Waals surface area contributed by atoms with E-state index in [1.165, 1.54) is 36.7 Å². The van der Waals surface area contributed by atoms with Gasteiger partial charge < -0.3 is 4.98 Å². The van der Waals surface area contributed by atoms with E-state index in [1.807, 2.05) is 13.0 Å². The zero-order valence-corrected chi connectivity index (χ0v) is 22.7. The molecule has 10 heteroatoms. The molecule has 0 saturated heterocycles. The van der Waals surface area contributed by atoms with E-state index in [2.05, 4.69) is 9.98 Å². The van der Waals surface area contributed by atoms with Crippen molar-refractivity contribution in [3.05, 3.63) is 115 Å². The maximum atomic E-state index is 15.6. The third-order valence-electron chi connectivity index (χ3n) is 6.64. The minimum absolute atomic E-state index is 0.0118. The van der Waals surface area contributed by atoms with Crippen LogP contribution in [0, 0.1) is 18.7 Å². The Kier molecular flexibility index (Phi) is 8.08. The maximum Gasteiger partial charge on any atom is 0.273 e. The van der Waals surface area contributed by atoms with Crippen molar-refractivity contribution in [3.63, 3.8) is 0 Å². The van der Waals surface area contributed by atoms with Crippen molar-refractivity contribution in [2.45, 2.75) is 37.5 Å². The van der Waals surface area contributed by atoms with Gasteiger partial charge in [-0.2, -0.15) is 0 Å². The van der Waals surface area contributed by atoms with Crippen LogP contribution >= 0.6 is 11.6 Å². The van der Waals surface area contributed by atoms with E-state index in [0.717, 1.165) is 16.5 Å². The lowest BCUT2D eigenvalue weighted by atomic mass is 10.1. The smallest absolute Gasteiger partial charge is 0.273 e. The van der Waals surface area contributed by atoms with Gasteiger partial charge in [-0.05, 0) is 55.5 Å². The van der Waals surface area contributed by atoms with Crippen molar-refractivity contribution in [2.24, 2.45) is 10.9 Å². The van der Waals surface area contributed by atoms with E-state index in [1.54, 1.807) is 32.1 Å². The number of nitrogens with zero attached hydrogens (tertiary/aromatic N) is 2. The predicted octanol–water partition coefficient (Wildman–Crippen LogP) is 5.68. The van der Waals surface area contributed by atoms with Crippen molar-refractivity contribution in [3.8, 4) is 0 Å². The number of aromatic nitrogens is 2. The molecule has 3 aromatic rings. The molecule has 0 bridgehead atoms. The highest BCUT2D eigenvalue weighted by Gasteiger charge is 2.50. The monoisotopic (exact) mass is 557 g/mol. The number of nitrogens with one attached hydrogen (secondary N) is 1. The topological polar surface area (TPSA) is 84.3 Å². The summed E-state index contributed by atoms with van der Waals surface area (Å²) in [5.74, 6) is -1.80. The summed E-state index contributed by atoms with van der Waals surface area (Å²) in [7, 11) is -1.64. The molecule has 4 atom stereocenters. The second-order valence-electron chi connectivity index (χ2n) is 9.12. The number of benzene rings is 1. The fourth-order valence-electron chi connectivity index (χ4n) is 4.72. The van der Waals surface area contributed by atoms with E-state index < -0.39 is 28.0 Å². The number of halogens is 3. The van der Waals surface area contributed by atoms with E-state index >= 15 is 8.78 Å². The number of H-pyrrole nitrogens is 1. The number of rotatable bonds is 7. The van der Waals surface area contributed by atoms with Crippen LogP contribution in [0.25, 0.3) is 6.20 Å². The van der Waals surface area contributed by atoms with Crippen molar-refractivity contribution in [2.75, 3.05) is 6.26 Å². The van der Waals surface area contributed by atoms with Gasteiger partial charge in [0.25, 0.3) is 5.56 Å². The summed E-state index contributed by atoms with van der Waals surface area (Å²) in [5.41, 5.74) is 0.409. The van der Waals surface area contributed by atoms with Crippen molar-refractivity contribution < 1.29 is 13.0 Å². The molecule has 1 saturated carbocycles. The van der Waals surface area contributed by atoms with Gasteiger partial charge in [0.15, 0.2) is 5.83 Å². The van der Waals surface area contributed by atoms with Crippen LogP contribution in [0.5, 0.6) is 0 Å². The highest BCUT2D eigenvalue weighted by molar-refractivity contribution is 7.84. The number of pyridine rings is 2. The lowest BCUT2D eigenvalue weighted by molar-refractivity contribution is 0.591. The first kappa shape index (κ1) is 27.6. The Morgan fingerprint density at radius 2 is 1.89 bits per heavy atom. The van der Waals surface area contributed by atoms with Crippen molar-refractivity contribution >= 4 is 34.3 Å². The number of aliphatic imine (C=N–C) groups is 1. The Hall–Kier alpha value is -3.43. The van der Waals surface area contributed by atoms with E-state index in [-0.39, 0.29) is 44.5 Å². The highest BCUT2D eigenvalue weighted by atomic mass is 35.5. The second kappa shape index (κ2) is 11.1. The van der Waals surface area contributed by atoms with Crippen LogP contribution in [-0.2, 0) is 10.8 Å². The van der Waals surface area contributed by atoms with Gasteiger partial charge in [-0.1, -0.05) is 36.7 Å². The van der Waals surface area contributed by atoms with E-state index in [9.17, 15) is 13.8 Å². The van der Waals surface area contributed by atoms with Crippen LogP contribution in [0.1, 0.15) is 48.2 Å². The molecule has 0 radical (unpaired) electrons. The van der Waals surface area contributed by atoms with Gasteiger partial charge in [-0.25, -0.2) is 8.78 Å². The molecule has 1 fully saturated rings. The number of hydrogen-bond acceptors (Lipinski definition) is 4. The number of hydrogen-bond donors (Lipinski definition) is 1.